The lowest BCUT2D eigenvalue weighted by molar-refractivity contribution is 0.0716. The number of aromatic nitrogens is 3. The average Bonchev–Trinajstić information content (AvgIpc) is 3.52. The monoisotopic (exact) mass is 404 g/mol. The van der Waals surface area contributed by atoms with Crippen molar-refractivity contribution in [2.45, 2.75) is 32.2 Å². The van der Waals surface area contributed by atoms with Crippen LogP contribution < -0.4 is 0 Å². The number of likely N-dealkylation sites (tertiary alicyclic amines) is 1. The molecule has 1 aliphatic heterocycles. The van der Waals surface area contributed by atoms with Crippen molar-refractivity contribution >= 4 is 28.0 Å². The van der Waals surface area contributed by atoms with Gasteiger partial charge in [-0.25, -0.2) is 0 Å². The molecule has 4 aromatic rings. The van der Waals surface area contributed by atoms with Crippen molar-refractivity contribution in [1.29, 1.82) is 0 Å². The number of fused-ring (bicyclic) bond motifs is 1. The van der Waals surface area contributed by atoms with Crippen molar-refractivity contribution in [2.24, 2.45) is 0 Å². The number of pyridine rings is 1. The Bertz CT molecular complexity index is 1180. The van der Waals surface area contributed by atoms with Crippen LogP contribution in [0.1, 0.15) is 46.9 Å². The van der Waals surface area contributed by atoms with Crippen LogP contribution in [-0.2, 0) is 6.42 Å². The topological polar surface area (TPSA) is 72.1 Å². The lowest BCUT2D eigenvalue weighted by Crippen LogP contribution is -2.30. The van der Waals surface area contributed by atoms with Gasteiger partial charge in [0.05, 0.1) is 5.56 Å². The fraction of sp³-hybridized carbons (Fsp3) is 0.273. The van der Waals surface area contributed by atoms with E-state index >= 15 is 0 Å². The molecule has 1 aromatic carbocycles. The molecule has 0 spiro atoms. The predicted octanol–water partition coefficient (Wildman–Crippen LogP) is 4.89. The number of carbonyl (C=O) groups is 1. The summed E-state index contributed by atoms with van der Waals surface area (Å²) < 4.78 is 6.03. The van der Waals surface area contributed by atoms with E-state index in [1.165, 1.54) is 4.88 Å². The standard InChI is InChI=1S/C22H20N4O2S/c1-2-16-12-15(13-29-16)22(27)26-11-5-8-18(26)20-24-25-21(28-20)19-17-7-4-3-6-14(17)9-10-23-19/h3-4,6-7,9-10,12-13,18H,2,5,8,11H2,1H3/t18-/m0/s1. The zero-order valence-electron chi connectivity index (χ0n) is 16.0. The first-order valence-electron chi connectivity index (χ1n) is 9.80. The molecule has 5 rings (SSSR count). The molecule has 29 heavy (non-hydrogen) atoms. The molecular formula is C22H20N4O2S. The molecular weight excluding hydrogens is 384 g/mol. The highest BCUT2D eigenvalue weighted by Crippen LogP contribution is 2.35. The van der Waals surface area contributed by atoms with Gasteiger partial charge in [-0.05, 0) is 36.8 Å². The molecule has 0 unspecified atom stereocenters. The second kappa shape index (κ2) is 7.40. The number of thiophene rings is 1. The van der Waals surface area contributed by atoms with Gasteiger partial charge >= 0.3 is 0 Å². The lowest BCUT2D eigenvalue weighted by atomic mass is 10.1. The zero-order valence-corrected chi connectivity index (χ0v) is 16.9. The number of hydrogen-bond donors (Lipinski definition) is 0. The van der Waals surface area contributed by atoms with Gasteiger partial charge in [-0.1, -0.05) is 31.2 Å². The number of nitrogens with zero attached hydrogens (tertiary/aromatic N) is 4. The Kier molecular flexibility index (Phi) is 4.60. The van der Waals surface area contributed by atoms with E-state index in [1.807, 2.05) is 46.7 Å². The Balaban J connectivity index is 1.45. The highest BCUT2D eigenvalue weighted by atomic mass is 32.1. The van der Waals surface area contributed by atoms with Crippen molar-refractivity contribution in [3.05, 3.63) is 64.3 Å². The second-order valence-electron chi connectivity index (χ2n) is 7.14. The van der Waals surface area contributed by atoms with Crippen molar-refractivity contribution < 1.29 is 9.21 Å². The van der Waals surface area contributed by atoms with E-state index in [2.05, 4.69) is 22.1 Å². The Morgan fingerprint density at radius 1 is 1.28 bits per heavy atom. The minimum atomic E-state index is -0.191. The van der Waals surface area contributed by atoms with Gasteiger partial charge in [0.2, 0.25) is 5.89 Å². The molecule has 4 heterocycles. The summed E-state index contributed by atoms with van der Waals surface area (Å²) in [5, 5.41) is 12.5. The average molecular weight is 404 g/mol. The molecule has 1 aliphatic rings. The van der Waals surface area contributed by atoms with Gasteiger partial charge in [0.25, 0.3) is 11.8 Å². The summed E-state index contributed by atoms with van der Waals surface area (Å²) in [4.78, 5) is 20.6. The molecule has 0 aliphatic carbocycles. The van der Waals surface area contributed by atoms with Crippen LogP contribution in [-0.4, -0.2) is 32.5 Å². The molecule has 146 valence electrons. The maximum absolute atomic E-state index is 13.0. The fourth-order valence-corrected chi connectivity index (χ4v) is 4.67. The molecule has 1 amide bonds. The first-order chi connectivity index (χ1) is 14.2. The van der Waals surface area contributed by atoms with E-state index < -0.39 is 0 Å². The summed E-state index contributed by atoms with van der Waals surface area (Å²) in [6, 6.07) is 11.7. The first kappa shape index (κ1) is 18.0. The Morgan fingerprint density at radius 2 is 2.17 bits per heavy atom. The van der Waals surface area contributed by atoms with Crippen LogP contribution in [0.3, 0.4) is 0 Å². The summed E-state index contributed by atoms with van der Waals surface area (Å²) in [6.45, 7) is 2.80. The summed E-state index contributed by atoms with van der Waals surface area (Å²) in [6.07, 6.45) is 4.42. The largest absolute Gasteiger partial charge is 0.417 e. The molecule has 7 heteroatoms. The molecule has 1 saturated heterocycles. The van der Waals surface area contributed by atoms with Crippen LogP contribution >= 0.6 is 11.3 Å². The Hall–Kier alpha value is -3.06. The minimum Gasteiger partial charge on any atom is -0.417 e. The highest BCUT2D eigenvalue weighted by Gasteiger charge is 2.35. The van der Waals surface area contributed by atoms with E-state index in [1.54, 1.807) is 17.5 Å². The van der Waals surface area contributed by atoms with E-state index in [4.69, 9.17) is 4.42 Å². The Labute approximate surface area is 172 Å². The molecule has 1 fully saturated rings. The number of aryl methyl sites for hydroxylation is 1. The van der Waals surface area contributed by atoms with Crippen LogP contribution in [0.25, 0.3) is 22.4 Å². The first-order valence-corrected chi connectivity index (χ1v) is 10.7. The normalized spacial score (nSPS) is 16.6. The third-order valence-electron chi connectivity index (χ3n) is 5.36. The number of amides is 1. The van der Waals surface area contributed by atoms with Crippen molar-refractivity contribution in [3.8, 4) is 11.6 Å². The molecule has 0 bridgehead atoms. The maximum Gasteiger partial charge on any atom is 0.267 e. The van der Waals surface area contributed by atoms with Crippen molar-refractivity contribution in [1.82, 2.24) is 20.1 Å². The van der Waals surface area contributed by atoms with E-state index in [0.717, 1.165) is 35.6 Å². The fourth-order valence-electron chi connectivity index (χ4n) is 3.87. The van der Waals surface area contributed by atoms with Gasteiger partial charge in [-0.15, -0.1) is 21.5 Å². The van der Waals surface area contributed by atoms with Gasteiger partial charge in [0, 0.05) is 28.4 Å². The van der Waals surface area contributed by atoms with Crippen molar-refractivity contribution in [3.63, 3.8) is 0 Å². The summed E-state index contributed by atoms with van der Waals surface area (Å²) >= 11 is 1.63. The summed E-state index contributed by atoms with van der Waals surface area (Å²) in [7, 11) is 0. The minimum absolute atomic E-state index is 0.0338. The SMILES string of the molecule is CCc1cc(C(=O)N2CCC[C@H]2c2nnc(-c3nccc4ccccc34)o2)cs1. The van der Waals surface area contributed by atoms with E-state index in [9.17, 15) is 4.79 Å². The van der Waals surface area contributed by atoms with Gasteiger partial charge < -0.3 is 9.32 Å². The molecule has 6 nitrogen and oxygen atoms in total. The third kappa shape index (κ3) is 3.21. The molecule has 0 N–H and O–H groups in total. The number of carbonyl (C=O) groups excluding carboxylic acids is 1. The molecule has 3 aromatic heterocycles. The van der Waals surface area contributed by atoms with Crippen LogP contribution in [0.5, 0.6) is 0 Å². The molecule has 0 radical (unpaired) electrons. The molecule has 0 saturated carbocycles. The van der Waals surface area contributed by atoms with Crippen LogP contribution in [0.4, 0.5) is 0 Å². The van der Waals surface area contributed by atoms with Gasteiger partial charge in [0.15, 0.2) is 0 Å². The smallest absolute Gasteiger partial charge is 0.267 e. The third-order valence-corrected chi connectivity index (χ3v) is 6.45. The lowest BCUT2D eigenvalue weighted by Gasteiger charge is -2.21. The van der Waals surface area contributed by atoms with Gasteiger partial charge in [-0.3, -0.25) is 9.78 Å². The predicted molar refractivity (Wildman–Crippen MR) is 112 cm³/mol. The second-order valence-corrected chi connectivity index (χ2v) is 8.13. The zero-order chi connectivity index (χ0) is 19.8. The van der Waals surface area contributed by atoms with Crippen LogP contribution in [0.2, 0.25) is 0 Å². The van der Waals surface area contributed by atoms with E-state index in [-0.39, 0.29) is 11.9 Å². The highest BCUT2D eigenvalue weighted by molar-refractivity contribution is 7.10. The van der Waals surface area contributed by atoms with Crippen molar-refractivity contribution in [2.75, 3.05) is 6.54 Å². The quantitative estimate of drug-likeness (QED) is 0.484. The van der Waals surface area contributed by atoms with Crippen LogP contribution in [0.15, 0.2) is 52.4 Å². The number of benzene rings is 1. The summed E-state index contributed by atoms with van der Waals surface area (Å²) in [5.74, 6) is 0.901. The number of hydrogen-bond acceptors (Lipinski definition) is 6. The van der Waals surface area contributed by atoms with Gasteiger partial charge in [0.1, 0.15) is 11.7 Å². The number of rotatable bonds is 4. The maximum atomic E-state index is 13.0. The van der Waals surface area contributed by atoms with Crippen LogP contribution in [0, 0.1) is 0 Å². The Morgan fingerprint density at radius 3 is 3.03 bits per heavy atom. The van der Waals surface area contributed by atoms with Gasteiger partial charge in [-0.2, -0.15) is 0 Å². The summed E-state index contributed by atoms with van der Waals surface area (Å²) in [5.41, 5.74) is 1.41. The van der Waals surface area contributed by atoms with E-state index in [0.29, 0.717) is 24.0 Å². The molecule has 1 atom stereocenters.